The zero-order valence-corrected chi connectivity index (χ0v) is 29.9. The van der Waals surface area contributed by atoms with Gasteiger partial charge in [0.15, 0.2) is 0 Å². The second-order valence-corrected chi connectivity index (χ2v) is 12.6. The van der Waals surface area contributed by atoms with Gasteiger partial charge in [-0.25, -0.2) is 14.4 Å². The van der Waals surface area contributed by atoms with E-state index in [0.717, 1.165) is 44.5 Å². The fourth-order valence-electron chi connectivity index (χ4n) is 5.96. The summed E-state index contributed by atoms with van der Waals surface area (Å²) in [6.07, 6.45) is -1.61. The van der Waals surface area contributed by atoms with Gasteiger partial charge in [0, 0.05) is 24.7 Å². The van der Waals surface area contributed by atoms with Crippen molar-refractivity contribution in [1.29, 1.82) is 0 Å². The summed E-state index contributed by atoms with van der Waals surface area (Å²) in [6, 6.07) is 49.9. The molecule has 0 radical (unpaired) electrons. The Morgan fingerprint density at radius 2 is 0.836 bits per heavy atom. The van der Waals surface area contributed by atoms with Gasteiger partial charge in [0.05, 0.1) is 5.56 Å². The minimum atomic E-state index is -1.23. The average Bonchev–Trinajstić information content (AvgIpc) is 3.22. The Balaban J connectivity index is 0.000000235. The molecule has 0 bridgehead atoms. The molecule has 0 aliphatic carbocycles. The molecule has 0 aliphatic heterocycles. The lowest BCUT2D eigenvalue weighted by atomic mass is 9.96. The summed E-state index contributed by atoms with van der Waals surface area (Å²) in [4.78, 5) is 45.9. The summed E-state index contributed by atoms with van der Waals surface area (Å²) >= 11 is 0. The van der Waals surface area contributed by atoms with Crippen molar-refractivity contribution >= 4 is 24.1 Å². The molecule has 6 aromatic carbocycles. The Hall–Kier alpha value is -7.20. The van der Waals surface area contributed by atoms with Gasteiger partial charge in [0.2, 0.25) is 0 Å². The summed E-state index contributed by atoms with van der Waals surface area (Å²) < 4.78 is 0. The standard InChI is InChI=1S/C26H27N3O5.C19H14O2/c30-24(27-13-7-12-23(29-26(33)34)17-28-25(31)32)22-15-20(18-8-3-1-4-9-18)14-21(16-22)19-10-5-2-6-11-19;20-19(21)18-12-16(14-7-3-1-4-8-14)11-17(13-18)15-9-5-2-6-10-15/h1-6,8-11,14-16,23,28-29H,7,12-13,17H2,(H,27,30)(H,31,32)(H,33,34);1-13H,(H,20,21)/t23-;/m0./s1. The molecule has 1 atom stereocenters. The number of carbonyl (C=O) groups is 4. The minimum absolute atomic E-state index is 0.0465. The van der Waals surface area contributed by atoms with Gasteiger partial charge in [-0.3, -0.25) is 4.79 Å². The Labute approximate surface area is 319 Å². The van der Waals surface area contributed by atoms with Crippen LogP contribution in [0, 0.1) is 0 Å². The lowest BCUT2D eigenvalue weighted by Crippen LogP contribution is -2.43. The molecule has 6 rings (SSSR count). The van der Waals surface area contributed by atoms with Crippen molar-refractivity contribution in [2.45, 2.75) is 18.9 Å². The molecule has 6 N–H and O–H groups in total. The second kappa shape index (κ2) is 19.6. The van der Waals surface area contributed by atoms with Crippen LogP contribution in [0.3, 0.4) is 0 Å². The summed E-state index contributed by atoms with van der Waals surface area (Å²) in [5, 5.41) is 34.3. The first-order valence-electron chi connectivity index (χ1n) is 17.7. The van der Waals surface area contributed by atoms with E-state index in [2.05, 4.69) is 22.0 Å². The van der Waals surface area contributed by atoms with E-state index in [9.17, 15) is 24.3 Å². The van der Waals surface area contributed by atoms with Crippen LogP contribution < -0.4 is 16.0 Å². The van der Waals surface area contributed by atoms with Crippen molar-refractivity contribution in [3.8, 4) is 44.5 Å². The van der Waals surface area contributed by atoms with Gasteiger partial charge in [-0.15, -0.1) is 0 Å². The third-order valence-electron chi connectivity index (χ3n) is 8.65. The van der Waals surface area contributed by atoms with Crippen molar-refractivity contribution in [3.63, 3.8) is 0 Å². The topological polar surface area (TPSA) is 165 Å². The van der Waals surface area contributed by atoms with E-state index in [4.69, 9.17) is 10.2 Å². The number of hydrogen-bond acceptors (Lipinski definition) is 4. The highest BCUT2D eigenvalue weighted by atomic mass is 16.4. The molecule has 0 aromatic heterocycles. The quantitative estimate of drug-likeness (QED) is 0.0644. The lowest BCUT2D eigenvalue weighted by Gasteiger charge is -2.17. The fourth-order valence-corrected chi connectivity index (χ4v) is 5.96. The number of nitrogens with one attached hydrogen (secondary N) is 3. The summed E-state index contributed by atoms with van der Waals surface area (Å²) in [5.74, 6) is -1.15. The van der Waals surface area contributed by atoms with Crippen molar-refractivity contribution in [2.24, 2.45) is 0 Å². The van der Waals surface area contributed by atoms with Gasteiger partial charge in [0.1, 0.15) is 0 Å². The largest absolute Gasteiger partial charge is 0.478 e. The van der Waals surface area contributed by atoms with Crippen LogP contribution >= 0.6 is 0 Å². The minimum Gasteiger partial charge on any atom is -0.478 e. The van der Waals surface area contributed by atoms with E-state index in [1.54, 1.807) is 12.1 Å². The number of amides is 3. The molecule has 0 aliphatic rings. The first-order chi connectivity index (χ1) is 26.7. The number of benzene rings is 6. The summed E-state index contributed by atoms with van der Waals surface area (Å²) in [5.41, 5.74) is 8.53. The number of carboxylic acid groups (broad SMARTS) is 3. The SMILES string of the molecule is O=C(O)NC[C@H](CCCNC(=O)c1cc(-c2ccccc2)cc(-c2ccccc2)c1)NC(=O)O.O=C(O)c1cc(-c2ccccc2)cc(-c2ccccc2)c1. The van der Waals surface area contributed by atoms with Crippen LogP contribution in [0.25, 0.3) is 44.5 Å². The summed E-state index contributed by atoms with van der Waals surface area (Å²) in [7, 11) is 0. The zero-order valence-electron chi connectivity index (χ0n) is 29.9. The maximum absolute atomic E-state index is 12.9. The molecule has 6 aromatic rings. The third kappa shape index (κ3) is 11.9. The molecule has 55 heavy (non-hydrogen) atoms. The molecule has 0 spiro atoms. The Kier molecular flexibility index (Phi) is 13.9. The van der Waals surface area contributed by atoms with E-state index in [-0.39, 0.29) is 12.5 Å². The first kappa shape index (κ1) is 39.0. The van der Waals surface area contributed by atoms with Crippen molar-refractivity contribution in [1.82, 2.24) is 16.0 Å². The predicted molar refractivity (Wildman–Crippen MR) is 214 cm³/mol. The monoisotopic (exact) mass is 735 g/mol. The Morgan fingerprint density at radius 3 is 1.18 bits per heavy atom. The average molecular weight is 736 g/mol. The number of carbonyl (C=O) groups excluding carboxylic acids is 1. The van der Waals surface area contributed by atoms with Gasteiger partial charge < -0.3 is 31.3 Å². The van der Waals surface area contributed by atoms with Crippen LogP contribution in [-0.2, 0) is 0 Å². The molecule has 278 valence electrons. The molecule has 3 amide bonds. The van der Waals surface area contributed by atoms with Gasteiger partial charge in [-0.05, 0) is 93.7 Å². The normalized spacial score (nSPS) is 10.9. The molecule has 0 saturated carbocycles. The van der Waals surface area contributed by atoms with Gasteiger partial charge in [-0.1, -0.05) is 121 Å². The highest BCUT2D eigenvalue weighted by Crippen LogP contribution is 2.30. The van der Waals surface area contributed by atoms with E-state index in [1.807, 2.05) is 140 Å². The summed E-state index contributed by atoms with van der Waals surface area (Å²) in [6.45, 7) is 0.273. The number of aromatic carboxylic acids is 1. The molecule has 10 nitrogen and oxygen atoms in total. The van der Waals surface area contributed by atoms with E-state index < -0.39 is 24.2 Å². The molecule has 0 heterocycles. The number of hydrogen-bond donors (Lipinski definition) is 6. The molecule has 0 fully saturated rings. The van der Waals surface area contributed by atoms with Crippen LogP contribution in [0.4, 0.5) is 9.59 Å². The second-order valence-electron chi connectivity index (χ2n) is 12.6. The molecule has 10 heteroatoms. The van der Waals surface area contributed by atoms with Gasteiger partial charge in [0.25, 0.3) is 5.91 Å². The van der Waals surface area contributed by atoms with Gasteiger partial charge >= 0.3 is 18.2 Å². The number of rotatable bonds is 13. The third-order valence-corrected chi connectivity index (χ3v) is 8.65. The van der Waals surface area contributed by atoms with Crippen molar-refractivity contribution < 1.29 is 34.5 Å². The first-order valence-corrected chi connectivity index (χ1v) is 17.7. The smallest absolute Gasteiger partial charge is 0.404 e. The van der Waals surface area contributed by atoms with Crippen LogP contribution in [0.2, 0.25) is 0 Å². The Morgan fingerprint density at radius 1 is 0.455 bits per heavy atom. The molecular formula is C45H41N3O7. The van der Waals surface area contributed by atoms with Crippen molar-refractivity contribution in [3.05, 3.63) is 169 Å². The molecule has 0 saturated heterocycles. The van der Waals surface area contributed by atoms with E-state index in [0.29, 0.717) is 30.5 Å². The van der Waals surface area contributed by atoms with E-state index in [1.165, 1.54) is 0 Å². The molecule has 0 unspecified atom stereocenters. The fraction of sp³-hybridized carbons (Fsp3) is 0.111. The Bertz CT molecular complexity index is 2080. The van der Waals surface area contributed by atoms with Crippen molar-refractivity contribution in [2.75, 3.05) is 13.1 Å². The van der Waals surface area contributed by atoms with Crippen LogP contribution in [0.1, 0.15) is 33.6 Å². The predicted octanol–water partition coefficient (Wildman–Crippen LogP) is 9.15. The maximum Gasteiger partial charge on any atom is 0.404 e. The maximum atomic E-state index is 12.9. The van der Waals surface area contributed by atoms with Crippen LogP contribution in [-0.4, -0.2) is 58.5 Å². The van der Waals surface area contributed by atoms with Gasteiger partial charge in [-0.2, -0.15) is 0 Å². The highest BCUT2D eigenvalue weighted by molar-refractivity contribution is 5.97. The van der Waals surface area contributed by atoms with E-state index >= 15 is 0 Å². The zero-order chi connectivity index (χ0) is 39.0. The highest BCUT2D eigenvalue weighted by Gasteiger charge is 2.15. The van der Waals surface area contributed by atoms with Crippen LogP contribution in [0.5, 0.6) is 0 Å². The van der Waals surface area contributed by atoms with Crippen LogP contribution in [0.15, 0.2) is 158 Å². The number of carboxylic acids is 1. The lowest BCUT2D eigenvalue weighted by molar-refractivity contribution is 0.0696. The molecular weight excluding hydrogens is 695 g/mol.